The Labute approximate surface area is 105 Å². The third-order valence-electron chi connectivity index (χ3n) is 3.42. The van der Waals surface area contributed by atoms with E-state index in [1.54, 1.807) is 0 Å². The van der Waals surface area contributed by atoms with Gasteiger partial charge in [0.25, 0.3) is 0 Å². The topological polar surface area (TPSA) is 3.24 Å². The first-order valence-corrected chi connectivity index (χ1v) is 6.51. The van der Waals surface area contributed by atoms with E-state index < -0.39 is 0 Å². The van der Waals surface area contributed by atoms with E-state index in [-0.39, 0.29) is 5.82 Å². The SMILES string of the molecule is CC(C1CC1)N(C)Cc1ccc(F)c(Br)c1. The summed E-state index contributed by atoms with van der Waals surface area (Å²) in [6.45, 7) is 3.16. The van der Waals surface area contributed by atoms with Crippen LogP contribution in [0.5, 0.6) is 0 Å². The van der Waals surface area contributed by atoms with Crippen LogP contribution in [0.4, 0.5) is 4.39 Å². The van der Waals surface area contributed by atoms with Crippen LogP contribution in [0.25, 0.3) is 0 Å². The van der Waals surface area contributed by atoms with E-state index in [0.29, 0.717) is 10.5 Å². The minimum absolute atomic E-state index is 0.193. The summed E-state index contributed by atoms with van der Waals surface area (Å²) in [5.41, 5.74) is 1.16. The Hall–Kier alpha value is -0.410. The molecule has 2 rings (SSSR count). The first kappa shape index (κ1) is 12.1. The molecule has 1 unspecified atom stereocenters. The van der Waals surface area contributed by atoms with E-state index in [9.17, 15) is 4.39 Å². The highest BCUT2D eigenvalue weighted by molar-refractivity contribution is 9.10. The molecule has 0 aliphatic heterocycles. The van der Waals surface area contributed by atoms with Gasteiger partial charge in [-0.2, -0.15) is 0 Å². The van der Waals surface area contributed by atoms with E-state index in [4.69, 9.17) is 0 Å². The van der Waals surface area contributed by atoms with Crippen molar-refractivity contribution in [1.29, 1.82) is 0 Å². The highest BCUT2D eigenvalue weighted by Gasteiger charge is 2.30. The molecule has 1 fully saturated rings. The van der Waals surface area contributed by atoms with Crippen molar-refractivity contribution in [2.24, 2.45) is 5.92 Å². The molecular formula is C13H17BrFN. The van der Waals surface area contributed by atoms with E-state index in [1.165, 1.54) is 18.9 Å². The van der Waals surface area contributed by atoms with Crippen LogP contribution in [0.3, 0.4) is 0 Å². The molecule has 1 nitrogen and oxygen atoms in total. The van der Waals surface area contributed by atoms with Gasteiger partial charge in [0.15, 0.2) is 0 Å². The maximum Gasteiger partial charge on any atom is 0.137 e. The minimum Gasteiger partial charge on any atom is -0.299 e. The van der Waals surface area contributed by atoms with E-state index in [2.05, 4.69) is 34.8 Å². The summed E-state index contributed by atoms with van der Waals surface area (Å²) >= 11 is 3.22. The van der Waals surface area contributed by atoms with Crippen LogP contribution in [0.15, 0.2) is 22.7 Å². The summed E-state index contributed by atoms with van der Waals surface area (Å²) in [7, 11) is 2.14. The van der Waals surface area contributed by atoms with Gasteiger partial charge in [0.05, 0.1) is 4.47 Å². The lowest BCUT2D eigenvalue weighted by atomic mass is 10.1. The number of hydrogen-bond acceptors (Lipinski definition) is 1. The molecule has 1 saturated carbocycles. The van der Waals surface area contributed by atoms with E-state index in [1.807, 2.05) is 12.1 Å². The Morgan fingerprint density at radius 2 is 2.19 bits per heavy atom. The Morgan fingerprint density at radius 1 is 1.50 bits per heavy atom. The van der Waals surface area contributed by atoms with Crippen molar-refractivity contribution in [3.8, 4) is 0 Å². The monoisotopic (exact) mass is 285 g/mol. The van der Waals surface area contributed by atoms with Crippen molar-refractivity contribution in [2.75, 3.05) is 7.05 Å². The molecule has 16 heavy (non-hydrogen) atoms. The van der Waals surface area contributed by atoms with Crippen LogP contribution in [0.1, 0.15) is 25.3 Å². The van der Waals surface area contributed by atoms with Gasteiger partial charge in [-0.3, -0.25) is 4.90 Å². The van der Waals surface area contributed by atoms with Crippen LogP contribution in [0.2, 0.25) is 0 Å². The smallest absolute Gasteiger partial charge is 0.137 e. The fraction of sp³-hybridized carbons (Fsp3) is 0.538. The van der Waals surface area contributed by atoms with Crippen LogP contribution in [0, 0.1) is 11.7 Å². The minimum atomic E-state index is -0.193. The molecule has 0 heterocycles. The molecule has 1 aliphatic carbocycles. The highest BCUT2D eigenvalue weighted by Crippen LogP contribution is 2.35. The van der Waals surface area contributed by atoms with Gasteiger partial charge in [0.2, 0.25) is 0 Å². The molecule has 0 saturated heterocycles. The van der Waals surface area contributed by atoms with Crippen molar-refractivity contribution in [2.45, 2.75) is 32.4 Å². The average molecular weight is 286 g/mol. The summed E-state index contributed by atoms with van der Waals surface area (Å²) in [6.07, 6.45) is 2.72. The van der Waals surface area contributed by atoms with Gasteiger partial charge < -0.3 is 0 Å². The zero-order valence-electron chi connectivity index (χ0n) is 9.71. The maximum atomic E-state index is 13.1. The average Bonchev–Trinajstić information content (AvgIpc) is 3.06. The normalized spacial score (nSPS) is 17.8. The summed E-state index contributed by atoms with van der Waals surface area (Å²) in [5.74, 6) is 0.676. The molecule has 1 aromatic carbocycles. The van der Waals surface area contributed by atoms with E-state index >= 15 is 0 Å². The molecule has 0 N–H and O–H groups in total. The lowest BCUT2D eigenvalue weighted by molar-refractivity contribution is 0.226. The molecule has 0 aromatic heterocycles. The first-order chi connectivity index (χ1) is 7.58. The number of halogens is 2. The van der Waals surface area contributed by atoms with Gasteiger partial charge in [-0.15, -0.1) is 0 Å². The molecule has 0 spiro atoms. The van der Waals surface area contributed by atoms with Gasteiger partial charge in [0, 0.05) is 12.6 Å². The predicted octanol–water partition coefficient (Wildman–Crippen LogP) is 3.82. The number of nitrogens with zero attached hydrogens (tertiary/aromatic N) is 1. The van der Waals surface area contributed by atoms with Crippen LogP contribution in [-0.2, 0) is 6.54 Å². The fourth-order valence-corrected chi connectivity index (χ4v) is 2.43. The molecule has 3 heteroatoms. The molecule has 1 aliphatic rings. The zero-order valence-corrected chi connectivity index (χ0v) is 11.3. The molecule has 0 bridgehead atoms. The van der Waals surface area contributed by atoms with Crippen molar-refractivity contribution >= 4 is 15.9 Å². The third kappa shape index (κ3) is 2.83. The maximum absolute atomic E-state index is 13.1. The van der Waals surface area contributed by atoms with Gasteiger partial charge in [0.1, 0.15) is 5.82 Å². The van der Waals surface area contributed by atoms with Gasteiger partial charge in [-0.05, 0) is 66.4 Å². The molecule has 0 amide bonds. The van der Waals surface area contributed by atoms with Gasteiger partial charge in [-0.25, -0.2) is 4.39 Å². The van der Waals surface area contributed by atoms with Gasteiger partial charge in [-0.1, -0.05) is 6.07 Å². The molecular weight excluding hydrogens is 269 g/mol. The van der Waals surface area contributed by atoms with Crippen LogP contribution in [-0.4, -0.2) is 18.0 Å². The number of benzene rings is 1. The summed E-state index contributed by atoms with van der Waals surface area (Å²) < 4.78 is 13.6. The van der Waals surface area contributed by atoms with Crippen LogP contribution >= 0.6 is 15.9 Å². The van der Waals surface area contributed by atoms with Crippen molar-refractivity contribution in [1.82, 2.24) is 4.90 Å². The van der Waals surface area contributed by atoms with Gasteiger partial charge >= 0.3 is 0 Å². The Kier molecular flexibility index (Phi) is 3.65. The van der Waals surface area contributed by atoms with Crippen molar-refractivity contribution < 1.29 is 4.39 Å². The predicted molar refractivity (Wildman–Crippen MR) is 67.8 cm³/mol. The second-order valence-electron chi connectivity index (χ2n) is 4.74. The Morgan fingerprint density at radius 3 is 2.75 bits per heavy atom. The van der Waals surface area contributed by atoms with Crippen molar-refractivity contribution in [3.63, 3.8) is 0 Å². The second kappa shape index (κ2) is 4.84. The summed E-state index contributed by atoms with van der Waals surface area (Å²) in [6, 6.07) is 5.88. The largest absolute Gasteiger partial charge is 0.299 e. The number of rotatable bonds is 4. The van der Waals surface area contributed by atoms with Crippen LogP contribution < -0.4 is 0 Å². The number of hydrogen-bond donors (Lipinski definition) is 0. The molecule has 1 aromatic rings. The molecule has 1 atom stereocenters. The van der Waals surface area contributed by atoms with Crippen molar-refractivity contribution in [3.05, 3.63) is 34.1 Å². The fourth-order valence-electron chi connectivity index (χ4n) is 2.01. The standard InChI is InChI=1S/C13H17BrFN/c1-9(11-4-5-11)16(2)8-10-3-6-13(15)12(14)7-10/h3,6-7,9,11H,4-5,8H2,1-2H3. The Balaban J connectivity index is 1.99. The quantitative estimate of drug-likeness (QED) is 0.813. The second-order valence-corrected chi connectivity index (χ2v) is 5.60. The zero-order chi connectivity index (χ0) is 11.7. The first-order valence-electron chi connectivity index (χ1n) is 5.72. The lowest BCUT2D eigenvalue weighted by Gasteiger charge is -2.24. The molecule has 88 valence electrons. The highest BCUT2D eigenvalue weighted by atomic mass is 79.9. The van der Waals surface area contributed by atoms with E-state index in [0.717, 1.165) is 18.0 Å². The lowest BCUT2D eigenvalue weighted by Crippen LogP contribution is -2.30. The Bertz CT molecular complexity index is 376. The third-order valence-corrected chi connectivity index (χ3v) is 4.02. The summed E-state index contributed by atoms with van der Waals surface area (Å²) in [5, 5.41) is 0. The molecule has 0 radical (unpaired) electrons. The summed E-state index contributed by atoms with van der Waals surface area (Å²) in [4.78, 5) is 2.34.